The van der Waals surface area contributed by atoms with E-state index in [-0.39, 0.29) is 42.8 Å². The first kappa shape index (κ1) is 19.1. The van der Waals surface area contributed by atoms with Gasteiger partial charge in [-0.2, -0.15) is 4.98 Å². The van der Waals surface area contributed by atoms with Gasteiger partial charge in [-0.1, -0.05) is 5.16 Å². The molecule has 3 rings (SSSR count). The summed E-state index contributed by atoms with van der Waals surface area (Å²) < 4.78 is 23.4. The van der Waals surface area contributed by atoms with Gasteiger partial charge in [0.05, 0.1) is 6.04 Å². The number of hydrogen-bond donors (Lipinski definition) is 1. The predicted molar refractivity (Wildman–Crippen MR) is 93.1 cm³/mol. The lowest BCUT2D eigenvalue weighted by Crippen LogP contribution is -2.38. The number of ether oxygens (including phenoxy) is 1. The Kier molecular flexibility index (Phi) is 5.92. The Morgan fingerprint density at radius 2 is 2.07 bits per heavy atom. The number of benzene rings is 1. The highest BCUT2D eigenvalue weighted by Gasteiger charge is 2.35. The maximum Gasteiger partial charge on any atom is 0.246 e. The largest absolute Gasteiger partial charge is 0.364 e. The third-order valence-electron chi connectivity index (χ3n) is 4.28. The quantitative estimate of drug-likeness (QED) is 0.779. The second-order valence-corrected chi connectivity index (χ2v) is 6.61. The molecular weight excluding hydrogens is 355 g/mol. The van der Waals surface area contributed by atoms with Crippen molar-refractivity contribution in [2.75, 3.05) is 26.8 Å². The summed E-state index contributed by atoms with van der Waals surface area (Å²) in [6.07, 6.45) is 0.611. The van der Waals surface area contributed by atoms with Crippen LogP contribution >= 0.6 is 0 Å². The first-order valence-electron chi connectivity index (χ1n) is 8.58. The molecule has 1 N–H and O–H groups in total. The van der Waals surface area contributed by atoms with Crippen LogP contribution < -0.4 is 5.32 Å². The highest BCUT2D eigenvalue weighted by molar-refractivity contribution is 5.79. The normalized spacial score (nSPS) is 20.0. The molecule has 144 valence electrons. The third kappa shape index (κ3) is 4.95. The van der Waals surface area contributed by atoms with Crippen molar-refractivity contribution in [3.8, 4) is 11.4 Å². The Labute approximate surface area is 155 Å². The Hall–Kier alpha value is -2.65. The molecule has 2 atom stereocenters. The molecule has 0 unspecified atom stereocenters. The monoisotopic (exact) mass is 376 g/mol. The molecule has 0 spiro atoms. The molecule has 2 aromatic rings. The average Bonchev–Trinajstić information content (AvgIpc) is 3.22. The van der Waals surface area contributed by atoms with E-state index in [4.69, 9.17) is 9.26 Å². The molecule has 8 nitrogen and oxygen atoms in total. The van der Waals surface area contributed by atoms with Gasteiger partial charge in [0.15, 0.2) is 5.78 Å². The number of ketones is 1. The van der Waals surface area contributed by atoms with E-state index in [1.54, 1.807) is 12.1 Å². The molecule has 0 saturated carbocycles. The van der Waals surface area contributed by atoms with Crippen LogP contribution in [0.25, 0.3) is 11.4 Å². The van der Waals surface area contributed by atoms with Gasteiger partial charge in [0.2, 0.25) is 17.6 Å². The van der Waals surface area contributed by atoms with Crippen molar-refractivity contribution in [3.05, 3.63) is 36.0 Å². The van der Waals surface area contributed by atoms with Crippen molar-refractivity contribution in [1.82, 2.24) is 20.4 Å². The SMILES string of the molecule is CC(=O)COCC(=O)N[C@H]1C[C@@H](c2nc(-c3ccc(F)cc3)no2)N(C)C1. The van der Waals surface area contributed by atoms with Crippen LogP contribution in [0.1, 0.15) is 25.3 Å². The Morgan fingerprint density at radius 3 is 2.78 bits per heavy atom. The number of nitrogens with one attached hydrogen (secondary N) is 1. The van der Waals surface area contributed by atoms with Gasteiger partial charge in [-0.3, -0.25) is 14.5 Å². The predicted octanol–water partition coefficient (Wildman–Crippen LogP) is 1.34. The minimum atomic E-state index is -0.330. The zero-order chi connectivity index (χ0) is 19.4. The fraction of sp³-hybridized carbons (Fsp3) is 0.444. The summed E-state index contributed by atoms with van der Waals surface area (Å²) in [4.78, 5) is 29.2. The van der Waals surface area contributed by atoms with Crippen molar-refractivity contribution in [3.63, 3.8) is 0 Å². The van der Waals surface area contributed by atoms with Gasteiger partial charge >= 0.3 is 0 Å². The van der Waals surface area contributed by atoms with Gasteiger partial charge in [0.25, 0.3) is 0 Å². The molecule has 1 fully saturated rings. The smallest absolute Gasteiger partial charge is 0.246 e. The first-order valence-corrected chi connectivity index (χ1v) is 8.58. The lowest BCUT2D eigenvalue weighted by molar-refractivity contribution is -0.129. The first-order chi connectivity index (χ1) is 12.9. The molecule has 2 heterocycles. The molecule has 0 bridgehead atoms. The van der Waals surface area contributed by atoms with Gasteiger partial charge in [0, 0.05) is 18.2 Å². The highest BCUT2D eigenvalue weighted by atomic mass is 19.1. The third-order valence-corrected chi connectivity index (χ3v) is 4.28. The van der Waals surface area contributed by atoms with Crippen LogP contribution in [0, 0.1) is 5.82 Å². The fourth-order valence-electron chi connectivity index (χ4n) is 3.04. The molecule has 1 aromatic heterocycles. The molecule has 1 aliphatic heterocycles. The molecule has 9 heteroatoms. The van der Waals surface area contributed by atoms with Gasteiger partial charge in [-0.05, 0) is 44.7 Å². The van der Waals surface area contributed by atoms with Crippen molar-refractivity contribution in [2.45, 2.75) is 25.4 Å². The van der Waals surface area contributed by atoms with Gasteiger partial charge in [-0.15, -0.1) is 0 Å². The summed E-state index contributed by atoms with van der Waals surface area (Å²) in [5, 5.41) is 6.84. The Balaban J connectivity index is 1.57. The van der Waals surface area contributed by atoms with Crippen LogP contribution in [-0.2, 0) is 14.3 Å². The van der Waals surface area contributed by atoms with E-state index in [1.807, 2.05) is 11.9 Å². The molecule has 0 radical (unpaired) electrons. The molecule has 1 amide bonds. The second kappa shape index (κ2) is 8.36. The maximum atomic E-state index is 13.0. The van der Waals surface area contributed by atoms with E-state index in [0.717, 1.165) is 0 Å². The molecule has 1 aliphatic rings. The number of amides is 1. The van der Waals surface area contributed by atoms with E-state index in [0.29, 0.717) is 30.2 Å². The second-order valence-electron chi connectivity index (χ2n) is 6.61. The number of carbonyl (C=O) groups is 2. The lowest BCUT2D eigenvalue weighted by Gasteiger charge is -2.14. The van der Waals surface area contributed by atoms with E-state index >= 15 is 0 Å². The number of likely N-dealkylation sites (tertiary alicyclic amines) is 1. The summed E-state index contributed by atoms with van der Waals surface area (Å²) in [5.74, 6) is 0.110. The van der Waals surface area contributed by atoms with E-state index in [9.17, 15) is 14.0 Å². The van der Waals surface area contributed by atoms with Gasteiger partial charge in [0.1, 0.15) is 19.0 Å². The zero-order valence-corrected chi connectivity index (χ0v) is 15.1. The number of halogens is 1. The van der Waals surface area contributed by atoms with Crippen LogP contribution in [0.3, 0.4) is 0 Å². The fourth-order valence-corrected chi connectivity index (χ4v) is 3.04. The summed E-state index contributed by atoms with van der Waals surface area (Å²) >= 11 is 0. The van der Waals surface area contributed by atoms with Gasteiger partial charge in [-0.25, -0.2) is 4.39 Å². The number of aromatic nitrogens is 2. The van der Waals surface area contributed by atoms with Crippen molar-refractivity contribution >= 4 is 11.7 Å². The summed E-state index contributed by atoms with van der Waals surface area (Å²) in [5.41, 5.74) is 0.666. The lowest BCUT2D eigenvalue weighted by atomic mass is 10.1. The minimum Gasteiger partial charge on any atom is -0.364 e. The van der Waals surface area contributed by atoms with Crippen LogP contribution in [0.4, 0.5) is 4.39 Å². The minimum absolute atomic E-state index is 0.0746. The van der Waals surface area contributed by atoms with Crippen molar-refractivity contribution < 1.29 is 23.2 Å². The molecule has 27 heavy (non-hydrogen) atoms. The van der Waals surface area contributed by atoms with Gasteiger partial charge < -0.3 is 14.6 Å². The van der Waals surface area contributed by atoms with Crippen LogP contribution in [0.15, 0.2) is 28.8 Å². The van der Waals surface area contributed by atoms with Crippen LogP contribution in [-0.4, -0.2) is 59.6 Å². The van der Waals surface area contributed by atoms with E-state index < -0.39 is 0 Å². The van der Waals surface area contributed by atoms with Crippen LogP contribution in [0.5, 0.6) is 0 Å². The summed E-state index contributed by atoms with van der Waals surface area (Å²) in [6, 6.07) is 5.64. The molecule has 1 aromatic carbocycles. The average molecular weight is 376 g/mol. The van der Waals surface area contributed by atoms with Crippen molar-refractivity contribution in [2.24, 2.45) is 0 Å². The number of hydrogen-bond acceptors (Lipinski definition) is 7. The summed E-state index contributed by atoms with van der Waals surface area (Å²) in [6.45, 7) is 1.80. The zero-order valence-electron chi connectivity index (χ0n) is 15.1. The number of carbonyl (C=O) groups excluding carboxylic acids is 2. The van der Waals surface area contributed by atoms with Crippen molar-refractivity contribution in [1.29, 1.82) is 0 Å². The Morgan fingerprint density at radius 1 is 1.33 bits per heavy atom. The number of likely N-dealkylation sites (N-methyl/N-ethyl adjacent to an activating group) is 1. The topological polar surface area (TPSA) is 97.6 Å². The molecule has 1 saturated heterocycles. The maximum absolute atomic E-state index is 13.0. The highest BCUT2D eigenvalue weighted by Crippen LogP contribution is 2.30. The molecular formula is C18H21FN4O4. The number of Topliss-reactive ketones (excluding diaryl/α,β-unsaturated/α-hetero) is 1. The molecule has 0 aliphatic carbocycles. The number of rotatable bonds is 7. The van der Waals surface area contributed by atoms with E-state index in [1.165, 1.54) is 19.1 Å². The number of nitrogens with zero attached hydrogens (tertiary/aromatic N) is 3. The summed E-state index contributed by atoms with van der Waals surface area (Å²) in [7, 11) is 1.91. The van der Waals surface area contributed by atoms with Crippen LogP contribution in [0.2, 0.25) is 0 Å². The standard InChI is InChI=1S/C18H21FN4O4/c1-11(24)9-26-10-16(25)20-14-7-15(23(2)8-14)18-21-17(22-27-18)12-3-5-13(19)6-4-12/h3-6,14-15H,7-10H2,1-2H3,(H,20,25)/t14-,15-/m0/s1. The Bertz CT molecular complexity index is 808. The van der Waals surface area contributed by atoms with E-state index in [2.05, 4.69) is 15.5 Å².